The molecule has 0 amide bonds. The van der Waals surface area contributed by atoms with Gasteiger partial charge in [0.1, 0.15) is 17.5 Å². The van der Waals surface area contributed by atoms with Crippen LogP contribution in [0.1, 0.15) is 24.0 Å². The predicted octanol–water partition coefficient (Wildman–Crippen LogP) is 4.33. The van der Waals surface area contributed by atoms with Crippen LogP contribution in [-0.2, 0) is 6.54 Å². The van der Waals surface area contributed by atoms with Gasteiger partial charge in [0.2, 0.25) is 0 Å². The molecule has 1 aliphatic carbocycles. The second-order valence-electron chi connectivity index (χ2n) is 5.54. The molecule has 1 N–H and O–H groups in total. The molecule has 2 aromatic carbocycles. The summed E-state index contributed by atoms with van der Waals surface area (Å²) in [6, 6.07) is 7.08. The van der Waals surface area contributed by atoms with Crippen LogP contribution in [0, 0.1) is 24.4 Å². The van der Waals surface area contributed by atoms with E-state index in [-0.39, 0.29) is 5.82 Å². The van der Waals surface area contributed by atoms with Gasteiger partial charge in [0.15, 0.2) is 0 Å². The highest BCUT2D eigenvalue weighted by Crippen LogP contribution is 2.30. The van der Waals surface area contributed by atoms with Crippen LogP contribution in [-0.4, -0.2) is 6.04 Å². The lowest BCUT2D eigenvalue weighted by atomic mass is 9.97. The minimum atomic E-state index is -0.627. The third-order valence-electron chi connectivity index (χ3n) is 3.76. The maximum Gasteiger partial charge on any atom is 0.133 e. The van der Waals surface area contributed by atoms with Gasteiger partial charge in [0, 0.05) is 24.2 Å². The zero-order valence-corrected chi connectivity index (χ0v) is 11.7. The van der Waals surface area contributed by atoms with Crippen LogP contribution in [0.5, 0.6) is 0 Å². The van der Waals surface area contributed by atoms with Gasteiger partial charge in [0.25, 0.3) is 0 Å². The molecular formula is C17H16F3N. The van der Waals surface area contributed by atoms with Crippen molar-refractivity contribution in [1.82, 2.24) is 5.32 Å². The summed E-state index contributed by atoms with van der Waals surface area (Å²) in [7, 11) is 0. The molecule has 3 rings (SSSR count). The highest BCUT2D eigenvalue weighted by molar-refractivity contribution is 5.68. The standard InChI is InChI=1S/C17H16F3N/c1-10-6-15(17(20)8-16(10)19)14-5-2-12(18)7-11(14)9-21-13-3-4-13/h2,5-8,13,21H,3-4,9H2,1H3. The first-order valence-electron chi connectivity index (χ1n) is 7.02. The van der Waals surface area contributed by atoms with Gasteiger partial charge in [-0.2, -0.15) is 0 Å². The normalized spacial score (nSPS) is 14.5. The molecule has 0 unspecified atom stereocenters. The molecule has 110 valence electrons. The fourth-order valence-electron chi connectivity index (χ4n) is 2.38. The zero-order chi connectivity index (χ0) is 15.0. The van der Waals surface area contributed by atoms with E-state index in [1.165, 1.54) is 18.2 Å². The van der Waals surface area contributed by atoms with Crippen molar-refractivity contribution in [3.63, 3.8) is 0 Å². The highest BCUT2D eigenvalue weighted by Gasteiger charge is 2.21. The monoisotopic (exact) mass is 291 g/mol. The number of benzene rings is 2. The fraction of sp³-hybridized carbons (Fsp3) is 0.294. The molecule has 0 saturated heterocycles. The summed E-state index contributed by atoms with van der Waals surface area (Å²) in [5.41, 5.74) is 1.97. The van der Waals surface area contributed by atoms with Gasteiger partial charge in [-0.1, -0.05) is 6.07 Å². The van der Waals surface area contributed by atoms with E-state index in [4.69, 9.17) is 0 Å². The van der Waals surface area contributed by atoms with Gasteiger partial charge in [-0.25, -0.2) is 13.2 Å². The highest BCUT2D eigenvalue weighted by atomic mass is 19.1. The summed E-state index contributed by atoms with van der Waals surface area (Å²) in [6.45, 7) is 2.07. The van der Waals surface area contributed by atoms with Crippen LogP contribution in [0.25, 0.3) is 11.1 Å². The molecule has 0 aromatic heterocycles. The van der Waals surface area contributed by atoms with E-state index in [1.807, 2.05) is 0 Å². The van der Waals surface area contributed by atoms with Gasteiger partial charge in [-0.15, -0.1) is 0 Å². The predicted molar refractivity (Wildman–Crippen MR) is 76.4 cm³/mol. The summed E-state index contributed by atoms with van der Waals surface area (Å²) in [4.78, 5) is 0. The van der Waals surface area contributed by atoms with E-state index >= 15 is 0 Å². The third-order valence-corrected chi connectivity index (χ3v) is 3.76. The molecule has 4 heteroatoms. The number of nitrogens with one attached hydrogen (secondary N) is 1. The Hall–Kier alpha value is -1.81. The number of halogens is 3. The van der Waals surface area contributed by atoms with E-state index < -0.39 is 11.6 Å². The van der Waals surface area contributed by atoms with Gasteiger partial charge < -0.3 is 5.32 Å². The zero-order valence-electron chi connectivity index (χ0n) is 11.7. The first-order valence-corrected chi connectivity index (χ1v) is 7.02. The average molecular weight is 291 g/mol. The second kappa shape index (κ2) is 5.53. The molecule has 0 spiro atoms. The lowest BCUT2D eigenvalue weighted by Crippen LogP contribution is -2.16. The van der Waals surface area contributed by atoms with Gasteiger partial charge in [-0.05, 0) is 54.7 Å². The van der Waals surface area contributed by atoms with Crippen molar-refractivity contribution < 1.29 is 13.2 Å². The van der Waals surface area contributed by atoms with E-state index in [1.54, 1.807) is 13.0 Å². The third kappa shape index (κ3) is 3.10. The van der Waals surface area contributed by atoms with Crippen molar-refractivity contribution >= 4 is 0 Å². The Morgan fingerprint density at radius 3 is 2.48 bits per heavy atom. The van der Waals surface area contributed by atoms with E-state index in [0.29, 0.717) is 34.8 Å². The maximum absolute atomic E-state index is 14.1. The Bertz CT molecular complexity index is 678. The molecule has 0 radical (unpaired) electrons. The van der Waals surface area contributed by atoms with Crippen LogP contribution in [0.3, 0.4) is 0 Å². The molecule has 0 bridgehead atoms. The van der Waals surface area contributed by atoms with E-state index in [2.05, 4.69) is 5.32 Å². The topological polar surface area (TPSA) is 12.0 Å². The van der Waals surface area contributed by atoms with Crippen molar-refractivity contribution in [1.29, 1.82) is 0 Å². The first-order chi connectivity index (χ1) is 10.0. The summed E-state index contributed by atoms with van der Waals surface area (Å²) >= 11 is 0. The molecule has 1 saturated carbocycles. The van der Waals surface area contributed by atoms with Crippen molar-refractivity contribution in [3.05, 3.63) is 58.9 Å². The Morgan fingerprint density at radius 1 is 1.00 bits per heavy atom. The van der Waals surface area contributed by atoms with Crippen molar-refractivity contribution in [2.24, 2.45) is 0 Å². The van der Waals surface area contributed by atoms with Crippen molar-refractivity contribution in [2.75, 3.05) is 0 Å². The number of aryl methyl sites for hydroxylation is 1. The smallest absolute Gasteiger partial charge is 0.133 e. The van der Waals surface area contributed by atoms with E-state index in [0.717, 1.165) is 18.9 Å². The summed E-state index contributed by atoms with van der Waals surface area (Å²) < 4.78 is 40.9. The van der Waals surface area contributed by atoms with Crippen LogP contribution in [0.4, 0.5) is 13.2 Å². The van der Waals surface area contributed by atoms with Crippen molar-refractivity contribution in [2.45, 2.75) is 32.4 Å². The Morgan fingerprint density at radius 2 is 1.76 bits per heavy atom. The van der Waals surface area contributed by atoms with Crippen LogP contribution >= 0.6 is 0 Å². The minimum Gasteiger partial charge on any atom is -0.310 e. The van der Waals surface area contributed by atoms with Crippen LogP contribution < -0.4 is 5.32 Å². The summed E-state index contributed by atoms with van der Waals surface area (Å²) in [5, 5.41) is 3.29. The largest absolute Gasteiger partial charge is 0.310 e. The minimum absolute atomic E-state index is 0.307. The van der Waals surface area contributed by atoms with Gasteiger partial charge >= 0.3 is 0 Å². The summed E-state index contributed by atoms with van der Waals surface area (Å²) in [6.07, 6.45) is 2.24. The Balaban J connectivity index is 2.02. The van der Waals surface area contributed by atoms with Crippen molar-refractivity contribution in [3.8, 4) is 11.1 Å². The SMILES string of the molecule is Cc1cc(-c2ccc(F)cc2CNC2CC2)c(F)cc1F. The molecule has 1 aliphatic rings. The lowest BCUT2D eigenvalue weighted by Gasteiger charge is -2.13. The first kappa shape index (κ1) is 14.1. The molecule has 21 heavy (non-hydrogen) atoms. The van der Waals surface area contributed by atoms with E-state index in [9.17, 15) is 13.2 Å². The molecule has 1 nitrogen and oxygen atoms in total. The second-order valence-corrected chi connectivity index (χ2v) is 5.54. The molecular weight excluding hydrogens is 275 g/mol. The molecule has 2 aromatic rings. The number of hydrogen-bond donors (Lipinski definition) is 1. The number of hydrogen-bond acceptors (Lipinski definition) is 1. The Labute approximate surface area is 121 Å². The maximum atomic E-state index is 14.1. The lowest BCUT2D eigenvalue weighted by molar-refractivity contribution is 0.579. The fourth-order valence-corrected chi connectivity index (χ4v) is 2.38. The summed E-state index contributed by atoms with van der Waals surface area (Å²) in [5.74, 6) is -1.56. The molecule has 0 aliphatic heterocycles. The Kier molecular flexibility index (Phi) is 3.72. The molecule has 0 heterocycles. The number of rotatable bonds is 4. The quantitative estimate of drug-likeness (QED) is 0.884. The van der Waals surface area contributed by atoms with Gasteiger partial charge in [0.05, 0.1) is 0 Å². The average Bonchev–Trinajstić information content (AvgIpc) is 3.25. The molecule has 1 fully saturated rings. The van der Waals surface area contributed by atoms with Gasteiger partial charge in [-0.3, -0.25) is 0 Å². The van der Waals surface area contributed by atoms with Crippen LogP contribution in [0.15, 0.2) is 30.3 Å². The molecule has 0 atom stereocenters. The van der Waals surface area contributed by atoms with Crippen LogP contribution in [0.2, 0.25) is 0 Å².